The number of imidazole rings is 1. The Labute approximate surface area is 171 Å². The van der Waals surface area contributed by atoms with Gasteiger partial charge in [0.25, 0.3) is 0 Å². The van der Waals surface area contributed by atoms with Crippen molar-refractivity contribution in [2.24, 2.45) is 0 Å². The van der Waals surface area contributed by atoms with E-state index >= 15 is 0 Å². The molecule has 9 nitrogen and oxygen atoms in total. The Hall–Kier alpha value is -3.37. The Morgan fingerprint density at radius 3 is 2.70 bits per heavy atom. The van der Waals surface area contributed by atoms with Crippen molar-refractivity contribution in [3.05, 3.63) is 48.2 Å². The van der Waals surface area contributed by atoms with Crippen LogP contribution in [0, 0.1) is 5.82 Å². The highest BCUT2D eigenvalue weighted by atomic mass is 19.1. The number of aliphatic carboxylic acids is 1. The second-order valence-electron chi connectivity index (χ2n) is 6.62. The number of carboxylic acids is 1. The van der Waals surface area contributed by atoms with Crippen molar-refractivity contribution in [1.82, 2.24) is 19.9 Å². The van der Waals surface area contributed by atoms with Crippen molar-refractivity contribution in [2.45, 2.75) is 19.1 Å². The minimum atomic E-state index is -0.914. The average Bonchev–Trinajstić information content (AvgIpc) is 3.20. The molecule has 3 heterocycles. The van der Waals surface area contributed by atoms with Crippen molar-refractivity contribution in [3.8, 4) is 22.6 Å². The third-order valence-corrected chi connectivity index (χ3v) is 4.42. The molecule has 1 aliphatic rings. The van der Waals surface area contributed by atoms with E-state index in [1.807, 2.05) is 0 Å². The number of hydrogen-bond acceptors (Lipinski definition) is 7. The maximum atomic E-state index is 13.4. The first-order valence-corrected chi connectivity index (χ1v) is 9.48. The molecule has 30 heavy (non-hydrogen) atoms. The Bertz CT molecular complexity index is 1020. The third kappa shape index (κ3) is 4.61. The van der Waals surface area contributed by atoms with E-state index in [1.165, 1.54) is 12.1 Å². The highest BCUT2D eigenvalue weighted by molar-refractivity contribution is 5.77. The number of nitrogens with one attached hydrogen (secondary N) is 2. The van der Waals surface area contributed by atoms with Gasteiger partial charge in [-0.05, 0) is 36.8 Å². The van der Waals surface area contributed by atoms with Gasteiger partial charge in [-0.25, -0.2) is 19.3 Å². The average molecular weight is 413 g/mol. The molecule has 0 atom stereocenters. The zero-order valence-electron chi connectivity index (χ0n) is 16.0. The number of halogens is 1. The summed E-state index contributed by atoms with van der Waals surface area (Å²) < 4.78 is 24.7. The molecule has 3 aromatic rings. The van der Waals surface area contributed by atoms with Crippen LogP contribution in [0.15, 0.2) is 36.5 Å². The molecule has 0 spiro atoms. The Morgan fingerprint density at radius 2 is 1.97 bits per heavy atom. The first-order chi connectivity index (χ1) is 14.6. The van der Waals surface area contributed by atoms with Gasteiger partial charge in [-0.15, -0.1) is 0 Å². The van der Waals surface area contributed by atoms with Gasteiger partial charge >= 0.3 is 5.97 Å². The number of carboxylic acid groups (broad SMARTS) is 1. The molecule has 156 valence electrons. The lowest BCUT2D eigenvalue weighted by molar-refractivity contribution is -0.186. The largest absolute Gasteiger partial charge is 0.481 e. The summed E-state index contributed by atoms with van der Waals surface area (Å²) in [5, 5.41) is 11.7. The summed E-state index contributed by atoms with van der Waals surface area (Å²) in [4.78, 5) is 27.1. The number of hydrogen-bond donors (Lipinski definition) is 3. The summed E-state index contributed by atoms with van der Waals surface area (Å²) in [7, 11) is 0. The summed E-state index contributed by atoms with van der Waals surface area (Å²) in [5.74, 6) is -0.479. The number of rotatable bonds is 7. The van der Waals surface area contributed by atoms with E-state index in [2.05, 4.69) is 25.3 Å². The Kier molecular flexibility index (Phi) is 5.96. The lowest BCUT2D eigenvalue weighted by atomic mass is 10.1. The van der Waals surface area contributed by atoms with E-state index in [0.29, 0.717) is 47.6 Å². The lowest BCUT2D eigenvalue weighted by Crippen LogP contribution is -2.18. The molecule has 1 saturated heterocycles. The van der Waals surface area contributed by atoms with E-state index < -0.39 is 12.3 Å². The first-order valence-electron chi connectivity index (χ1n) is 9.48. The smallest absolute Gasteiger partial charge is 0.305 e. The molecule has 1 aliphatic heterocycles. The van der Waals surface area contributed by atoms with Gasteiger partial charge in [0.05, 0.1) is 36.7 Å². The number of benzene rings is 1. The number of ether oxygens (including phenoxy) is 2. The van der Waals surface area contributed by atoms with Gasteiger partial charge in [0, 0.05) is 18.3 Å². The number of nitrogens with zero attached hydrogens (tertiary/aromatic N) is 3. The van der Waals surface area contributed by atoms with Crippen molar-refractivity contribution in [1.29, 1.82) is 0 Å². The monoisotopic (exact) mass is 413 g/mol. The van der Waals surface area contributed by atoms with E-state index in [0.717, 1.165) is 6.42 Å². The van der Waals surface area contributed by atoms with Crippen LogP contribution in [-0.2, 0) is 14.3 Å². The fraction of sp³-hybridized carbons (Fsp3) is 0.300. The van der Waals surface area contributed by atoms with Crippen molar-refractivity contribution in [2.75, 3.05) is 25.1 Å². The van der Waals surface area contributed by atoms with Gasteiger partial charge < -0.3 is 24.9 Å². The number of carbonyl (C=O) groups is 1. The number of aromatic amines is 1. The number of H-pyrrole nitrogens is 1. The fourth-order valence-electron chi connectivity index (χ4n) is 3.02. The number of anilines is 1. The molecule has 2 aromatic heterocycles. The summed E-state index contributed by atoms with van der Waals surface area (Å²) >= 11 is 0. The molecule has 1 aromatic carbocycles. The lowest BCUT2D eigenvalue weighted by Gasteiger charge is -2.21. The van der Waals surface area contributed by atoms with E-state index in [1.54, 1.807) is 24.4 Å². The Balaban J connectivity index is 1.69. The predicted molar refractivity (Wildman–Crippen MR) is 105 cm³/mol. The third-order valence-electron chi connectivity index (χ3n) is 4.42. The molecule has 0 unspecified atom stereocenters. The van der Waals surface area contributed by atoms with E-state index in [4.69, 9.17) is 14.6 Å². The maximum absolute atomic E-state index is 13.4. The van der Waals surface area contributed by atoms with Gasteiger partial charge in [0.15, 0.2) is 5.82 Å². The summed E-state index contributed by atoms with van der Waals surface area (Å²) in [6.45, 7) is 1.33. The zero-order valence-corrected chi connectivity index (χ0v) is 16.0. The van der Waals surface area contributed by atoms with Gasteiger partial charge in [-0.2, -0.15) is 0 Å². The minimum Gasteiger partial charge on any atom is -0.481 e. The van der Waals surface area contributed by atoms with Crippen LogP contribution in [0.4, 0.5) is 10.3 Å². The summed E-state index contributed by atoms with van der Waals surface area (Å²) in [6, 6.07) is 7.69. The predicted octanol–water partition coefficient (Wildman–Crippen LogP) is 2.99. The molecule has 0 amide bonds. The molecule has 10 heteroatoms. The van der Waals surface area contributed by atoms with Crippen molar-refractivity contribution >= 4 is 11.9 Å². The Morgan fingerprint density at radius 1 is 1.20 bits per heavy atom. The van der Waals surface area contributed by atoms with Gasteiger partial charge in [-0.3, -0.25) is 4.79 Å². The van der Waals surface area contributed by atoms with Gasteiger partial charge in [0.2, 0.25) is 12.2 Å². The van der Waals surface area contributed by atoms with Gasteiger partial charge in [-0.1, -0.05) is 0 Å². The SMILES string of the molecule is O=C(O)CCNc1nccc(-c2[nH]c(C3OCCCO3)nc2-c2ccc(F)cc2)n1. The van der Waals surface area contributed by atoms with E-state index in [-0.39, 0.29) is 18.8 Å². The van der Waals surface area contributed by atoms with Crippen LogP contribution in [0.2, 0.25) is 0 Å². The van der Waals surface area contributed by atoms with Crippen LogP contribution in [0.3, 0.4) is 0 Å². The first kappa shape index (κ1) is 19.9. The van der Waals surface area contributed by atoms with E-state index in [9.17, 15) is 9.18 Å². The molecule has 4 rings (SSSR count). The van der Waals surface area contributed by atoms with Crippen LogP contribution in [0.1, 0.15) is 25.0 Å². The number of aromatic nitrogens is 4. The highest BCUT2D eigenvalue weighted by Crippen LogP contribution is 2.32. The van der Waals surface area contributed by atoms with Crippen LogP contribution in [0.5, 0.6) is 0 Å². The van der Waals surface area contributed by atoms with Crippen LogP contribution in [0.25, 0.3) is 22.6 Å². The van der Waals surface area contributed by atoms with Crippen LogP contribution < -0.4 is 5.32 Å². The molecule has 3 N–H and O–H groups in total. The second kappa shape index (κ2) is 8.97. The second-order valence-corrected chi connectivity index (χ2v) is 6.62. The van der Waals surface area contributed by atoms with Crippen LogP contribution >= 0.6 is 0 Å². The van der Waals surface area contributed by atoms with Gasteiger partial charge in [0.1, 0.15) is 5.82 Å². The minimum absolute atomic E-state index is 0.0566. The summed E-state index contributed by atoms with van der Waals surface area (Å²) in [5.41, 5.74) is 2.40. The summed E-state index contributed by atoms with van der Waals surface area (Å²) in [6.07, 6.45) is 1.70. The zero-order chi connectivity index (χ0) is 20.9. The molecular weight excluding hydrogens is 393 g/mol. The van der Waals surface area contributed by atoms with Crippen LogP contribution in [-0.4, -0.2) is 50.8 Å². The molecular formula is C20H20FN5O4. The molecule has 0 bridgehead atoms. The quantitative estimate of drug-likeness (QED) is 0.540. The fourth-order valence-corrected chi connectivity index (χ4v) is 3.02. The molecule has 0 saturated carbocycles. The highest BCUT2D eigenvalue weighted by Gasteiger charge is 2.24. The molecule has 0 aliphatic carbocycles. The standard InChI is InChI=1S/C20H20FN5O4/c21-13-4-2-12(3-5-13)16-17(26-18(25-16)19-29-10-1-11-30-19)14-6-8-22-20(24-14)23-9-7-15(27)28/h2-6,8,19H,1,7,9-11H2,(H,25,26)(H,27,28)(H,22,23,24). The topological polar surface area (TPSA) is 122 Å². The molecule has 0 radical (unpaired) electrons. The van der Waals surface area contributed by atoms with Crippen molar-refractivity contribution in [3.63, 3.8) is 0 Å². The maximum Gasteiger partial charge on any atom is 0.305 e. The molecule has 1 fully saturated rings. The van der Waals surface area contributed by atoms with Crippen molar-refractivity contribution < 1.29 is 23.8 Å². The normalized spacial score (nSPS) is 14.6.